The molecule has 4 fully saturated rings. The van der Waals surface area contributed by atoms with Gasteiger partial charge in [-0.05, 0) is 51.4 Å². The fourth-order valence-corrected chi connectivity index (χ4v) is 6.55. The first kappa shape index (κ1) is 23.5. The second-order valence-electron chi connectivity index (χ2n) is 11.5. The molecule has 38 heavy (non-hydrogen) atoms. The molecule has 0 aromatic carbocycles. The summed E-state index contributed by atoms with van der Waals surface area (Å²) in [6.45, 7) is 4.42. The standard InChI is InChI=1S/C26H27F3N8O/c1-14(2)36-8-17(26(27,28)29)34-23(36)25-9-24(10-25,11-25)12-37-21-16(7-33-37)6-30-20(35-21)18-19(15-4-5-15)31-13-32-22(18)38-3/h6-8,13-15H,4-5,9-12H2,1-3H3. The van der Waals surface area contributed by atoms with E-state index in [4.69, 9.17) is 9.72 Å². The van der Waals surface area contributed by atoms with Gasteiger partial charge in [0.1, 0.15) is 17.7 Å². The minimum atomic E-state index is -4.45. The van der Waals surface area contributed by atoms with Gasteiger partial charge >= 0.3 is 6.18 Å². The lowest BCUT2D eigenvalue weighted by Crippen LogP contribution is -2.67. The zero-order valence-corrected chi connectivity index (χ0v) is 21.3. The average Bonchev–Trinajstić information content (AvgIpc) is 3.45. The van der Waals surface area contributed by atoms with Crippen LogP contribution in [0.5, 0.6) is 5.88 Å². The van der Waals surface area contributed by atoms with E-state index < -0.39 is 11.9 Å². The van der Waals surface area contributed by atoms with Gasteiger partial charge < -0.3 is 9.30 Å². The molecule has 198 valence electrons. The van der Waals surface area contributed by atoms with Crippen LogP contribution in [-0.2, 0) is 18.1 Å². The molecule has 4 saturated carbocycles. The fraction of sp³-hybridized carbons (Fsp3) is 0.538. The number of halogens is 3. The summed E-state index contributed by atoms with van der Waals surface area (Å²) in [5.74, 6) is 1.87. The highest BCUT2D eigenvalue weighted by atomic mass is 19.4. The molecule has 0 atom stereocenters. The van der Waals surface area contributed by atoms with E-state index in [9.17, 15) is 13.2 Å². The van der Waals surface area contributed by atoms with Crippen molar-refractivity contribution in [1.29, 1.82) is 0 Å². The zero-order valence-electron chi connectivity index (χ0n) is 21.3. The summed E-state index contributed by atoms with van der Waals surface area (Å²) in [6, 6.07) is -0.0942. The van der Waals surface area contributed by atoms with Gasteiger partial charge in [-0.1, -0.05) is 0 Å². The van der Waals surface area contributed by atoms with E-state index >= 15 is 0 Å². The fourth-order valence-electron chi connectivity index (χ4n) is 6.55. The van der Waals surface area contributed by atoms with Gasteiger partial charge in [-0.3, -0.25) is 0 Å². The van der Waals surface area contributed by atoms with E-state index in [2.05, 4.69) is 25.0 Å². The molecule has 4 aromatic heterocycles. The Balaban J connectivity index is 1.17. The van der Waals surface area contributed by atoms with E-state index in [0.29, 0.717) is 35.6 Å². The Hall–Kier alpha value is -3.57. The van der Waals surface area contributed by atoms with Crippen LogP contribution in [-0.4, -0.2) is 46.4 Å². The van der Waals surface area contributed by atoms with Crippen LogP contribution in [0.3, 0.4) is 0 Å². The molecule has 4 aromatic rings. The molecule has 4 aliphatic rings. The second-order valence-corrected chi connectivity index (χ2v) is 11.5. The number of alkyl halides is 3. The molecule has 0 aliphatic heterocycles. The smallest absolute Gasteiger partial charge is 0.434 e. The molecule has 2 bridgehead atoms. The van der Waals surface area contributed by atoms with Crippen LogP contribution in [0, 0.1) is 5.41 Å². The summed E-state index contributed by atoms with van der Waals surface area (Å²) in [6.07, 6.45) is 6.21. The Morgan fingerprint density at radius 3 is 2.50 bits per heavy atom. The summed E-state index contributed by atoms with van der Waals surface area (Å²) in [5.41, 5.74) is 1.20. The maximum Gasteiger partial charge on any atom is 0.434 e. The van der Waals surface area contributed by atoms with E-state index in [1.807, 2.05) is 18.5 Å². The first-order chi connectivity index (χ1) is 18.1. The molecule has 8 rings (SSSR count). The molecule has 0 spiro atoms. The summed E-state index contributed by atoms with van der Waals surface area (Å²) < 4.78 is 49.3. The van der Waals surface area contributed by atoms with Crippen LogP contribution in [0.4, 0.5) is 13.2 Å². The monoisotopic (exact) mass is 524 g/mol. The topological polar surface area (TPSA) is 96.4 Å². The molecule has 0 unspecified atom stereocenters. The molecule has 0 radical (unpaired) electrons. The van der Waals surface area contributed by atoms with Crippen LogP contribution >= 0.6 is 0 Å². The van der Waals surface area contributed by atoms with Crippen molar-refractivity contribution in [3.8, 4) is 17.3 Å². The van der Waals surface area contributed by atoms with Crippen molar-refractivity contribution >= 4 is 11.0 Å². The number of imidazole rings is 1. The Kier molecular flexibility index (Phi) is 4.79. The highest BCUT2D eigenvalue weighted by Gasteiger charge is 2.70. The highest BCUT2D eigenvalue weighted by Crippen LogP contribution is 2.74. The van der Waals surface area contributed by atoms with Crippen LogP contribution in [0.2, 0.25) is 0 Å². The predicted octanol–water partition coefficient (Wildman–Crippen LogP) is 5.09. The molecular formula is C26H27F3N8O. The molecule has 0 amide bonds. The van der Waals surface area contributed by atoms with Gasteiger partial charge in [-0.15, -0.1) is 0 Å². The summed E-state index contributed by atoms with van der Waals surface area (Å²) >= 11 is 0. The number of ether oxygens (including phenoxy) is 1. The molecule has 9 nitrogen and oxygen atoms in total. The number of aromatic nitrogens is 8. The van der Waals surface area contributed by atoms with Gasteiger partial charge in [-0.2, -0.15) is 18.3 Å². The Bertz CT molecular complexity index is 1550. The van der Waals surface area contributed by atoms with Crippen molar-refractivity contribution in [3.05, 3.63) is 42.1 Å². The number of hydrogen-bond donors (Lipinski definition) is 0. The Morgan fingerprint density at radius 1 is 1.08 bits per heavy atom. The summed E-state index contributed by atoms with van der Waals surface area (Å²) in [7, 11) is 1.58. The quantitative estimate of drug-likeness (QED) is 0.332. The minimum absolute atomic E-state index is 0.0249. The van der Waals surface area contributed by atoms with E-state index in [1.54, 1.807) is 24.1 Å². The third-order valence-corrected chi connectivity index (χ3v) is 8.28. The van der Waals surface area contributed by atoms with Crippen molar-refractivity contribution in [3.63, 3.8) is 0 Å². The summed E-state index contributed by atoms with van der Waals surface area (Å²) in [5, 5.41) is 5.42. The van der Waals surface area contributed by atoms with Crippen LogP contribution in [0.15, 0.2) is 24.9 Å². The lowest BCUT2D eigenvalue weighted by atomic mass is 9.35. The van der Waals surface area contributed by atoms with Gasteiger partial charge in [0.25, 0.3) is 0 Å². The molecular weight excluding hydrogens is 497 g/mol. The first-order valence-electron chi connectivity index (χ1n) is 12.9. The molecule has 0 saturated heterocycles. The van der Waals surface area contributed by atoms with E-state index in [1.165, 1.54) is 6.33 Å². The Morgan fingerprint density at radius 2 is 1.84 bits per heavy atom. The normalized spacial score (nSPS) is 24.5. The molecule has 4 aliphatic carbocycles. The zero-order chi connectivity index (χ0) is 26.4. The molecule has 12 heteroatoms. The van der Waals surface area contributed by atoms with Crippen molar-refractivity contribution in [1.82, 2.24) is 39.3 Å². The Labute approximate surface area is 216 Å². The average molecular weight is 525 g/mol. The maximum atomic E-state index is 13.4. The van der Waals surface area contributed by atoms with Gasteiger partial charge in [0, 0.05) is 36.3 Å². The van der Waals surface area contributed by atoms with Crippen molar-refractivity contribution in [2.24, 2.45) is 5.41 Å². The van der Waals surface area contributed by atoms with Crippen molar-refractivity contribution < 1.29 is 17.9 Å². The second kappa shape index (κ2) is 7.73. The number of hydrogen-bond acceptors (Lipinski definition) is 7. The third-order valence-electron chi connectivity index (χ3n) is 8.28. The lowest BCUT2D eigenvalue weighted by Gasteiger charge is -2.70. The first-order valence-corrected chi connectivity index (χ1v) is 12.9. The van der Waals surface area contributed by atoms with Gasteiger partial charge in [0.05, 0.1) is 24.4 Å². The number of nitrogens with zero attached hydrogens (tertiary/aromatic N) is 8. The van der Waals surface area contributed by atoms with Crippen LogP contribution < -0.4 is 4.74 Å². The summed E-state index contributed by atoms with van der Waals surface area (Å²) in [4.78, 5) is 22.3. The predicted molar refractivity (Wildman–Crippen MR) is 130 cm³/mol. The number of methoxy groups -OCH3 is 1. The van der Waals surface area contributed by atoms with Crippen LogP contribution in [0.1, 0.15) is 75.1 Å². The molecule has 4 heterocycles. The van der Waals surface area contributed by atoms with E-state index in [-0.39, 0.29) is 16.9 Å². The largest absolute Gasteiger partial charge is 0.480 e. The van der Waals surface area contributed by atoms with Gasteiger partial charge in [0.2, 0.25) is 5.88 Å². The van der Waals surface area contributed by atoms with Gasteiger partial charge in [-0.25, -0.2) is 29.6 Å². The SMILES string of the molecule is COc1ncnc(C2CC2)c1-c1ncc2cnn(CC34CC(c5nc(C(F)(F)F)cn5C(C)C)(C3)C4)c2n1. The molecule has 0 N–H and O–H groups in total. The maximum absolute atomic E-state index is 13.4. The van der Waals surface area contributed by atoms with Crippen LogP contribution in [0.25, 0.3) is 22.4 Å². The number of fused-ring (bicyclic) bond motifs is 1. The number of rotatable bonds is 7. The van der Waals surface area contributed by atoms with Crippen molar-refractivity contribution in [2.75, 3.05) is 7.11 Å². The van der Waals surface area contributed by atoms with E-state index in [0.717, 1.165) is 54.9 Å². The highest BCUT2D eigenvalue weighted by molar-refractivity contribution is 5.77. The minimum Gasteiger partial charge on any atom is -0.480 e. The van der Waals surface area contributed by atoms with Crippen molar-refractivity contribution in [2.45, 2.75) is 76.0 Å². The van der Waals surface area contributed by atoms with Gasteiger partial charge in [0.15, 0.2) is 17.2 Å². The lowest BCUT2D eigenvalue weighted by molar-refractivity contribution is -0.160. The third kappa shape index (κ3) is 3.45.